The summed E-state index contributed by atoms with van der Waals surface area (Å²) in [6, 6.07) is 12.1. The second kappa shape index (κ2) is 8.39. The van der Waals surface area contributed by atoms with Crippen LogP contribution in [-0.4, -0.2) is 27.4 Å². The topological polar surface area (TPSA) is 53.7 Å². The Balaban J connectivity index is 2.01. The molecule has 0 aliphatic heterocycles. The fraction of sp³-hybridized carbons (Fsp3) is 0.333. The molecule has 0 radical (unpaired) electrons. The molecule has 2 aromatic carbocycles. The third kappa shape index (κ3) is 4.36. The van der Waals surface area contributed by atoms with E-state index in [1.807, 2.05) is 18.2 Å². The Morgan fingerprint density at radius 2 is 1.74 bits per heavy atom. The van der Waals surface area contributed by atoms with Gasteiger partial charge >= 0.3 is 0 Å². The third-order valence-electron chi connectivity index (χ3n) is 3.72. The zero-order chi connectivity index (χ0) is 16.7. The Morgan fingerprint density at radius 1 is 1.00 bits per heavy atom. The van der Waals surface area contributed by atoms with E-state index >= 15 is 0 Å². The predicted molar refractivity (Wildman–Crippen MR) is 87.9 cm³/mol. The van der Waals surface area contributed by atoms with Crippen LogP contribution in [0.25, 0.3) is 0 Å². The summed E-state index contributed by atoms with van der Waals surface area (Å²) in [6.45, 7) is 0.854. The molecule has 0 amide bonds. The molecule has 0 fully saturated rings. The van der Waals surface area contributed by atoms with Crippen LogP contribution in [-0.2, 0) is 0 Å². The molecule has 0 saturated carbocycles. The van der Waals surface area contributed by atoms with Crippen molar-refractivity contribution in [3.8, 4) is 17.2 Å². The smallest absolute Gasteiger partial charge is 0.165 e. The summed E-state index contributed by atoms with van der Waals surface area (Å²) in [6.07, 6.45) is 0.681. The van der Waals surface area contributed by atoms with E-state index in [1.165, 1.54) is 6.07 Å². The van der Waals surface area contributed by atoms with Crippen molar-refractivity contribution in [1.29, 1.82) is 0 Å². The first-order valence-electron chi connectivity index (χ1n) is 7.49. The van der Waals surface area contributed by atoms with Crippen LogP contribution in [0.2, 0.25) is 0 Å². The van der Waals surface area contributed by atoms with Crippen LogP contribution in [0.5, 0.6) is 17.2 Å². The largest absolute Gasteiger partial charge is 0.493 e. The molecule has 0 aliphatic rings. The molecule has 0 aliphatic carbocycles. The number of rotatable bonds is 8. The SMILES string of the molecule is COc1ccc(C(CN)CCOc2ccccc2F)cc1OC. The van der Waals surface area contributed by atoms with E-state index in [4.69, 9.17) is 19.9 Å². The maximum atomic E-state index is 13.5. The first-order valence-corrected chi connectivity index (χ1v) is 7.49. The molecule has 1 unspecified atom stereocenters. The standard InChI is InChI=1S/C18H22FNO3/c1-21-17-8-7-13(11-18(17)22-2)14(12-20)9-10-23-16-6-4-3-5-15(16)19/h3-8,11,14H,9-10,12,20H2,1-2H3. The summed E-state index contributed by atoms with van der Waals surface area (Å²) < 4.78 is 29.6. The lowest BCUT2D eigenvalue weighted by molar-refractivity contribution is 0.284. The second-order valence-electron chi connectivity index (χ2n) is 5.11. The zero-order valence-electron chi connectivity index (χ0n) is 13.4. The molecule has 2 rings (SSSR count). The van der Waals surface area contributed by atoms with Gasteiger partial charge < -0.3 is 19.9 Å². The van der Waals surface area contributed by atoms with Crippen LogP contribution in [0, 0.1) is 5.82 Å². The van der Waals surface area contributed by atoms with Crippen LogP contribution >= 0.6 is 0 Å². The molecule has 124 valence electrons. The van der Waals surface area contributed by atoms with Gasteiger partial charge in [-0.2, -0.15) is 0 Å². The minimum Gasteiger partial charge on any atom is -0.493 e. The lowest BCUT2D eigenvalue weighted by Crippen LogP contribution is -2.16. The van der Waals surface area contributed by atoms with Crippen molar-refractivity contribution in [2.75, 3.05) is 27.4 Å². The molecule has 5 heteroatoms. The van der Waals surface area contributed by atoms with Gasteiger partial charge in [0.15, 0.2) is 23.1 Å². The fourth-order valence-corrected chi connectivity index (χ4v) is 2.40. The summed E-state index contributed by atoms with van der Waals surface area (Å²) in [5.74, 6) is 1.34. The summed E-state index contributed by atoms with van der Waals surface area (Å²) in [5, 5.41) is 0. The highest BCUT2D eigenvalue weighted by Gasteiger charge is 2.14. The van der Waals surface area contributed by atoms with Crippen molar-refractivity contribution in [1.82, 2.24) is 0 Å². The quantitative estimate of drug-likeness (QED) is 0.810. The Hall–Kier alpha value is -2.27. The fourth-order valence-electron chi connectivity index (χ4n) is 2.40. The Kier molecular flexibility index (Phi) is 6.23. The number of para-hydroxylation sites is 1. The van der Waals surface area contributed by atoms with Gasteiger partial charge in [-0.15, -0.1) is 0 Å². The lowest BCUT2D eigenvalue weighted by Gasteiger charge is -2.18. The highest BCUT2D eigenvalue weighted by molar-refractivity contribution is 5.44. The highest BCUT2D eigenvalue weighted by Crippen LogP contribution is 2.31. The molecule has 0 saturated heterocycles. The molecule has 0 aromatic heterocycles. The Labute approximate surface area is 136 Å². The average molecular weight is 319 g/mol. The minimum absolute atomic E-state index is 0.0987. The van der Waals surface area contributed by atoms with E-state index < -0.39 is 0 Å². The maximum absolute atomic E-state index is 13.5. The van der Waals surface area contributed by atoms with Crippen molar-refractivity contribution in [2.45, 2.75) is 12.3 Å². The molecular formula is C18H22FNO3. The van der Waals surface area contributed by atoms with Gasteiger partial charge in [0.1, 0.15) is 0 Å². The first-order chi connectivity index (χ1) is 11.2. The molecule has 0 spiro atoms. The predicted octanol–water partition coefficient (Wildman–Crippen LogP) is 3.35. The average Bonchev–Trinajstić information content (AvgIpc) is 2.59. The van der Waals surface area contributed by atoms with Gasteiger partial charge in [0, 0.05) is 0 Å². The maximum Gasteiger partial charge on any atom is 0.165 e. The van der Waals surface area contributed by atoms with Gasteiger partial charge in [-0.25, -0.2) is 4.39 Å². The number of ether oxygens (including phenoxy) is 3. The molecule has 0 heterocycles. The van der Waals surface area contributed by atoms with Crippen molar-refractivity contribution in [3.05, 3.63) is 53.8 Å². The molecule has 1 atom stereocenters. The van der Waals surface area contributed by atoms with Gasteiger partial charge in [-0.3, -0.25) is 0 Å². The van der Waals surface area contributed by atoms with Crippen molar-refractivity contribution in [3.63, 3.8) is 0 Å². The number of benzene rings is 2. The van der Waals surface area contributed by atoms with Gasteiger partial charge in [0.05, 0.1) is 20.8 Å². The lowest BCUT2D eigenvalue weighted by atomic mass is 9.96. The van der Waals surface area contributed by atoms with E-state index in [0.717, 1.165) is 5.56 Å². The number of hydrogen-bond acceptors (Lipinski definition) is 4. The highest BCUT2D eigenvalue weighted by atomic mass is 19.1. The monoisotopic (exact) mass is 319 g/mol. The zero-order valence-corrected chi connectivity index (χ0v) is 13.4. The second-order valence-corrected chi connectivity index (χ2v) is 5.11. The number of nitrogens with two attached hydrogens (primary N) is 1. The summed E-state index contributed by atoms with van der Waals surface area (Å²) in [7, 11) is 3.20. The van der Waals surface area contributed by atoms with Crippen LogP contribution in [0.15, 0.2) is 42.5 Å². The molecule has 2 N–H and O–H groups in total. The van der Waals surface area contributed by atoms with Crippen LogP contribution in [0.3, 0.4) is 0 Å². The molecule has 23 heavy (non-hydrogen) atoms. The van der Waals surface area contributed by atoms with Gasteiger partial charge in [-0.05, 0) is 48.7 Å². The van der Waals surface area contributed by atoms with Crippen molar-refractivity contribution < 1.29 is 18.6 Å². The van der Waals surface area contributed by atoms with Crippen LogP contribution in [0.1, 0.15) is 17.9 Å². The Bertz CT molecular complexity index is 633. The normalized spacial score (nSPS) is 11.8. The third-order valence-corrected chi connectivity index (χ3v) is 3.72. The van der Waals surface area contributed by atoms with Gasteiger partial charge in [0.2, 0.25) is 0 Å². The van der Waals surface area contributed by atoms with E-state index in [1.54, 1.807) is 32.4 Å². The van der Waals surface area contributed by atoms with E-state index in [0.29, 0.717) is 31.1 Å². The molecular weight excluding hydrogens is 297 g/mol. The molecule has 4 nitrogen and oxygen atoms in total. The summed E-state index contributed by atoms with van der Waals surface area (Å²) >= 11 is 0. The summed E-state index contributed by atoms with van der Waals surface area (Å²) in [4.78, 5) is 0. The van der Waals surface area contributed by atoms with Crippen molar-refractivity contribution in [2.24, 2.45) is 5.73 Å². The number of methoxy groups -OCH3 is 2. The first kappa shape index (κ1) is 17.1. The molecule has 0 bridgehead atoms. The minimum atomic E-state index is -0.358. The number of hydrogen-bond donors (Lipinski definition) is 1. The number of halogens is 1. The summed E-state index contributed by atoms with van der Waals surface area (Å²) in [5.41, 5.74) is 6.92. The van der Waals surface area contributed by atoms with Gasteiger partial charge in [0.25, 0.3) is 0 Å². The van der Waals surface area contributed by atoms with Gasteiger partial charge in [-0.1, -0.05) is 18.2 Å². The van der Waals surface area contributed by atoms with Crippen molar-refractivity contribution >= 4 is 0 Å². The van der Waals surface area contributed by atoms with E-state index in [2.05, 4.69) is 0 Å². The molecule has 2 aromatic rings. The Morgan fingerprint density at radius 3 is 2.39 bits per heavy atom. The van der Waals surface area contributed by atoms with E-state index in [-0.39, 0.29) is 17.5 Å². The van der Waals surface area contributed by atoms with E-state index in [9.17, 15) is 4.39 Å². The van der Waals surface area contributed by atoms with Crippen LogP contribution < -0.4 is 19.9 Å². The van der Waals surface area contributed by atoms with Crippen LogP contribution in [0.4, 0.5) is 4.39 Å².